The third kappa shape index (κ3) is 4.02. The molecule has 1 rings (SSSR count). The maximum Gasteiger partial charge on any atom is 0.340 e. The lowest BCUT2D eigenvalue weighted by Gasteiger charge is -2.13. The van der Waals surface area contributed by atoms with Gasteiger partial charge in [0.05, 0.1) is 16.9 Å². The summed E-state index contributed by atoms with van der Waals surface area (Å²) in [7, 11) is 0. The van der Waals surface area contributed by atoms with Crippen LogP contribution >= 0.6 is 0 Å². The van der Waals surface area contributed by atoms with Crippen molar-refractivity contribution in [2.24, 2.45) is 0 Å². The third-order valence-corrected chi connectivity index (χ3v) is 2.29. The first kappa shape index (κ1) is 14.6. The molecule has 19 heavy (non-hydrogen) atoms. The number of hydrogen-bond donors (Lipinski definition) is 2. The molecule has 0 bridgehead atoms. The lowest BCUT2D eigenvalue weighted by molar-refractivity contribution is -0.144. The van der Waals surface area contributed by atoms with E-state index < -0.39 is 18.0 Å². The maximum absolute atomic E-state index is 11.8. The van der Waals surface area contributed by atoms with Crippen LogP contribution in [0, 0.1) is 0 Å². The van der Waals surface area contributed by atoms with E-state index >= 15 is 0 Å². The smallest absolute Gasteiger partial charge is 0.340 e. The summed E-state index contributed by atoms with van der Waals surface area (Å²) in [5, 5.41) is 0. The molecule has 0 aliphatic carbocycles. The molecule has 1 unspecified atom stereocenters. The van der Waals surface area contributed by atoms with E-state index in [1.54, 1.807) is 19.1 Å². The molecule has 6 heteroatoms. The second kappa shape index (κ2) is 6.44. The van der Waals surface area contributed by atoms with Gasteiger partial charge < -0.3 is 20.9 Å². The summed E-state index contributed by atoms with van der Waals surface area (Å²) in [4.78, 5) is 22.7. The van der Waals surface area contributed by atoms with Crippen molar-refractivity contribution in [3.05, 3.63) is 36.4 Å². The number of para-hydroxylation sites is 1. The van der Waals surface area contributed by atoms with E-state index in [4.69, 9.17) is 20.9 Å². The zero-order valence-electron chi connectivity index (χ0n) is 10.6. The van der Waals surface area contributed by atoms with Crippen LogP contribution in [-0.4, -0.2) is 24.6 Å². The molecule has 0 fully saturated rings. The predicted octanol–water partition coefficient (Wildman–Crippen LogP) is 1.13. The van der Waals surface area contributed by atoms with E-state index in [2.05, 4.69) is 6.58 Å². The first-order valence-electron chi connectivity index (χ1n) is 5.59. The van der Waals surface area contributed by atoms with Crippen LogP contribution in [0.25, 0.3) is 0 Å². The topological polar surface area (TPSA) is 105 Å². The van der Waals surface area contributed by atoms with Gasteiger partial charge in [0, 0.05) is 6.08 Å². The minimum absolute atomic E-state index is 0.0767. The fraction of sp³-hybridized carbons (Fsp3) is 0.231. The molecule has 0 aliphatic rings. The highest BCUT2D eigenvalue weighted by Crippen LogP contribution is 2.20. The van der Waals surface area contributed by atoms with Crippen LogP contribution < -0.4 is 11.5 Å². The predicted molar refractivity (Wildman–Crippen MR) is 71.3 cm³/mol. The number of carbonyl (C=O) groups excluding carboxylic acids is 2. The lowest BCUT2D eigenvalue weighted by Crippen LogP contribution is -2.22. The highest BCUT2D eigenvalue weighted by atomic mass is 16.6. The minimum Gasteiger partial charge on any atom is -0.458 e. The SMILES string of the molecule is C=CC(=O)OC(C)COC(=O)c1cccc(N)c1N. The van der Waals surface area contributed by atoms with Crippen molar-refractivity contribution in [1.82, 2.24) is 0 Å². The van der Waals surface area contributed by atoms with Gasteiger partial charge in [0.1, 0.15) is 12.7 Å². The van der Waals surface area contributed by atoms with Crippen molar-refractivity contribution < 1.29 is 19.1 Å². The van der Waals surface area contributed by atoms with Gasteiger partial charge in [-0.3, -0.25) is 0 Å². The highest BCUT2D eigenvalue weighted by molar-refractivity contribution is 5.97. The van der Waals surface area contributed by atoms with E-state index in [-0.39, 0.29) is 17.9 Å². The Morgan fingerprint density at radius 3 is 2.74 bits per heavy atom. The van der Waals surface area contributed by atoms with Crippen LogP contribution in [-0.2, 0) is 14.3 Å². The molecule has 0 spiro atoms. The first-order chi connectivity index (χ1) is 8.95. The molecule has 0 heterocycles. The zero-order chi connectivity index (χ0) is 14.4. The normalized spacial score (nSPS) is 11.4. The molecule has 0 saturated heterocycles. The van der Waals surface area contributed by atoms with Gasteiger partial charge in [-0.25, -0.2) is 9.59 Å². The number of esters is 2. The fourth-order valence-corrected chi connectivity index (χ4v) is 1.31. The average molecular weight is 264 g/mol. The van der Waals surface area contributed by atoms with E-state index in [9.17, 15) is 9.59 Å². The van der Waals surface area contributed by atoms with Crippen molar-refractivity contribution in [3.8, 4) is 0 Å². The molecule has 6 nitrogen and oxygen atoms in total. The molecule has 0 saturated carbocycles. The number of rotatable bonds is 5. The molecule has 1 aromatic carbocycles. The number of hydrogen-bond acceptors (Lipinski definition) is 6. The quantitative estimate of drug-likeness (QED) is 0.469. The molecule has 0 aromatic heterocycles. The number of nitrogens with two attached hydrogens (primary N) is 2. The number of carbonyl (C=O) groups is 2. The molecule has 0 aliphatic heterocycles. The molecule has 1 atom stereocenters. The second-order valence-corrected chi connectivity index (χ2v) is 3.86. The standard InChI is InChI=1S/C13H16N2O4/c1-3-11(16)19-8(2)7-18-13(17)9-5-4-6-10(14)12(9)15/h3-6,8H,1,7,14-15H2,2H3. The Morgan fingerprint density at radius 1 is 1.42 bits per heavy atom. The number of benzene rings is 1. The Kier molecular flexibility index (Phi) is 4.93. The average Bonchev–Trinajstić information content (AvgIpc) is 2.39. The summed E-state index contributed by atoms with van der Waals surface area (Å²) >= 11 is 0. The Labute approximate surface area is 111 Å². The van der Waals surface area contributed by atoms with Crippen LogP contribution in [0.1, 0.15) is 17.3 Å². The number of anilines is 2. The third-order valence-electron chi connectivity index (χ3n) is 2.29. The van der Waals surface area contributed by atoms with Gasteiger partial charge in [0.15, 0.2) is 0 Å². The second-order valence-electron chi connectivity index (χ2n) is 3.86. The molecule has 0 amide bonds. The Morgan fingerprint density at radius 2 is 2.11 bits per heavy atom. The summed E-state index contributed by atoms with van der Waals surface area (Å²) in [6.07, 6.45) is 0.463. The van der Waals surface area contributed by atoms with Gasteiger partial charge in [-0.05, 0) is 19.1 Å². The molecular weight excluding hydrogens is 248 g/mol. The van der Waals surface area contributed by atoms with Crippen molar-refractivity contribution in [1.29, 1.82) is 0 Å². The van der Waals surface area contributed by atoms with Crippen LogP contribution in [0.2, 0.25) is 0 Å². The van der Waals surface area contributed by atoms with Crippen molar-refractivity contribution in [2.75, 3.05) is 18.1 Å². The maximum atomic E-state index is 11.8. The lowest BCUT2D eigenvalue weighted by atomic mass is 10.1. The molecule has 4 N–H and O–H groups in total. The highest BCUT2D eigenvalue weighted by Gasteiger charge is 2.15. The van der Waals surface area contributed by atoms with Crippen molar-refractivity contribution >= 4 is 23.3 Å². The zero-order valence-corrected chi connectivity index (χ0v) is 10.6. The van der Waals surface area contributed by atoms with Crippen LogP contribution in [0.15, 0.2) is 30.9 Å². The van der Waals surface area contributed by atoms with Gasteiger partial charge in [-0.1, -0.05) is 12.6 Å². The van der Waals surface area contributed by atoms with Gasteiger partial charge in [-0.2, -0.15) is 0 Å². The minimum atomic E-state index is -0.619. The van der Waals surface area contributed by atoms with Crippen LogP contribution in [0.3, 0.4) is 0 Å². The monoisotopic (exact) mass is 264 g/mol. The number of nitrogen functional groups attached to an aromatic ring is 2. The van der Waals surface area contributed by atoms with Crippen molar-refractivity contribution in [3.63, 3.8) is 0 Å². The first-order valence-corrected chi connectivity index (χ1v) is 5.59. The Bertz CT molecular complexity index is 499. The van der Waals surface area contributed by atoms with Gasteiger partial charge in [0.25, 0.3) is 0 Å². The van der Waals surface area contributed by atoms with Gasteiger partial charge in [0.2, 0.25) is 0 Å². The number of ether oxygens (including phenoxy) is 2. The molecular formula is C13H16N2O4. The van der Waals surface area contributed by atoms with Gasteiger partial charge >= 0.3 is 11.9 Å². The molecule has 1 aromatic rings. The Hall–Kier alpha value is -2.50. The van der Waals surface area contributed by atoms with Gasteiger partial charge in [-0.15, -0.1) is 0 Å². The summed E-state index contributed by atoms with van der Waals surface area (Å²) < 4.78 is 9.83. The fourth-order valence-electron chi connectivity index (χ4n) is 1.31. The Balaban J connectivity index is 2.58. The van der Waals surface area contributed by atoms with Crippen LogP contribution in [0.4, 0.5) is 11.4 Å². The summed E-state index contributed by atoms with van der Waals surface area (Å²) in [6, 6.07) is 4.69. The summed E-state index contributed by atoms with van der Waals surface area (Å²) in [5.41, 5.74) is 11.9. The van der Waals surface area contributed by atoms with E-state index in [1.165, 1.54) is 6.07 Å². The van der Waals surface area contributed by atoms with Crippen molar-refractivity contribution in [2.45, 2.75) is 13.0 Å². The summed E-state index contributed by atoms with van der Waals surface area (Å²) in [5.74, 6) is -1.20. The molecule has 0 radical (unpaired) electrons. The largest absolute Gasteiger partial charge is 0.458 e. The van der Waals surface area contributed by atoms with E-state index in [1.807, 2.05) is 0 Å². The van der Waals surface area contributed by atoms with E-state index in [0.29, 0.717) is 5.69 Å². The van der Waals surface area contributed by atoms with E-state index in [0.717, 1.165) is 6.08 Å². The molecule has 102 valence electrons. The summed E-state index contributed by atoms with van der Waals surface area (Å²) in [6.45, 7) is 4.78. The van der Waals surface area contributed by atoms with Crippen LogP contribution in [0.5, 0.6) is 0 Å².